The molecule has 1 heterocycles. The van der Waals surface area contributed by atoms with E-state index in [4.69, 9.17) is 11.6 Å². The first-order chi connectivity index (χ1) is 14.6. The Hall–Kier alpha value is -2.57. The fourth-order valence-corrected chi connectivity index (χ4v) is 3.95. The molecular formula is C23H30ClN5O. The topological polar surface area (TPSA) is 68.8 Å². The van der Waals surface area contributed by atoms with E-state index in [9.17, 15) is 4.79 Å². The number of hydrogen-bond acceptors (Lipinski definition) is 3. The molecule has 2 unspecified atom stereocenters. The van der Waals surface area contributed by atoms with E-state index in [1.54, 1.807) is 31.3 Å². The second-order valence-electron chi connectivity index (χ2n) is 7.58. The maximum atomic E-state index is 12.2. The zero-order chi connectivity index (χ0) is 21.3. The Kier molecular flexibility index (Phi) is 8.11. The molecule has 0 aromatic heterocycles. The molecule has 0 radical (unpaired) electrons. The molecule has 0 aliphatic carbocycles. The largest absolute Gasteiger partial charge is 0.355 e. The minimum absolute atomic E-state index is 0.175. The molecule has 1 fully saturated rings. The van der Waals surface area contributed by atoms with Crippen LogP contribution in [0.3, 0.4) is 0 Å². The summed E-state index contributed by atoms with van der Waals surface area (Å²) in [4.78, 5) is 19.0. The summed E-state index contributed by atoms with van der Waals surface area (Å²) in [5.74, 6) is 0.576. The molecule has 2 aromatic carbocycles. The highest BCUT2D eigenvalue weighted by atomic mass is 35.5. The van der Waals surface area contributed by atoms with Crippen LogP contribution >= 0.6 is 11.6 Å². The first kappa shape index (κ1) is 22.1. The number of hydrogen-bond donors (Lipinski definition) is 3. The summed E-state index contributed by atoms with van der Waals surface area (Å²) in [6, 6.07) is 18.4. The summed E-state index contributed by atoms with van der Waals surface area (Å²) in [7, 11) is 1.76. The van der Waals surface area contributed by atoms with Crippen molar-refractivity contribution in [3.05, 3.63) is 70.7 Å². The van der Waals surface area contributed by atoms with Gasteiger partial charge in [0.15, 0.2) is 5.96 Å². The van der Waals surface area contributed by atoms with Gasteiger partial charge in [0.2, 0.25) is 0 Å². The fraction of sp³-hybridized carbons (Fsp3) is 0.391. The molecule has 1 saturated heterocycles. The number of carbonyl (C=O) groups excluding carboxylic acids is 1. The van der Waals surface area contributed by atoms with Crippen LogP contribution in [0.2, 0.25) is 5.02 Å². The SMILES string of the molecule is CN=C(NCCNC(=O)c1ccccc1Cl)NC1CC(C)N(Cc2ccccc2)C1. The Morgan fingerprint density at radius 1 is 1.10 bits per heavy atom. The number of halogens is 1. The van der Waals surface area contributed by atoms with Gasteiger partial charge >= 0.3 is 0 Å². The number of benzene rings is 2. The molecule has 1 amide bonds. The number of guanidine groups is 1. The molecule has 6 nitrogen and oxygen atoms in total. The van der Waals surface area contributed by atoms with Gasteiger partial charge in [-0.25, -0.2) is 0 Å². The Morgan fingerprint density at radius 2 is 1.80 bits per heavy atom. The van der Waals surface area contributed by atoms with Crippen molar-refractivity contribution >= 4 is 23.5 Å². The first-order valence-electron chi connectivity index (χ1n) is 10.3. The summed E-state index contributed by atoms with van der Waals surface area (Å²) >= 11 is 6.06. The van der Waals surface area contributed by atoms with Crippen molar-refractivity contribution in [2.45, 2.75) is 32.0 Å². The minimum atomic E-state index is -0.175. The highest BCUT2D eigenvalue weighted by Gasteiger charge is 2.29. The van der Waals surface area contributed by atoms with Gasteiger partial charge in [-0.15, -0.1) is 0 Å². The number of amides is 1. The van der Waals surface area contributed by atoms with Gasteiger partial charge in [-0.05, 0) is 31.0 Å². The third kappa shape index (κ3) is 6.21. The van der Waals surface area contributed by atoms with Crippen LogP contribution in [0.4, 0.5) is 0 Å². The number of carbonyl (C=O) groups is 1. The number of nitrogens with zero attached hydrogens (tertiary/aromatic N) is 2. The maximum Gasteiger partial charge on any atom is 0.252 e. The van der Waals surface area contributed by atoms with Crippen molar-refractivity contribution in [2.24, 2.45) is 4.99 Å². The van der Waals surface area contributed by atoms with Crippen LogP contribution in [0, 0.1) is 0 Å². The van der Waals surface area contributed by atoms with Gasteiger partial charge in [-0.1, -0.05) is 54.1 Å². The van der Waals surface area contributed by atoms with Gasteiger partial charge in [-0.2, -0.15) is 0 Å². The quantitative estimate of drug-likeness (QED) is 0.361. The third-order valence-electron chi connectivity index (χ3n) is 5.32. The second kappa shape index (κ2) is 11.0. The summed E-state index contributed by atoms with van der Waals surface area (Å²) in [6.07, 6.45) is 1.07. The van der Waals surface area contributed by atoms with Gasteiger partial charge < -0.3 is 16.0 Å². The average Bonchev–Trinajstić information content (AvgIpc) is 3.09. The molecule has 1 aliphatic rings. The predicted molar refractivity (Wildman–Crippen MR) is 123 cm³/mol. The zero-order valence-electron chi connectivity index (χ0n) is 17.6. The average molecular weight is 428 g/mol. The number of aliphatic imine (C=N–C) groups is 1. The Bertz CT molecular complexity index is 858. The summed E-state index contributed by atoms with van der Waals surface area (Å²) in [5, 5.41) is 10.1. The van der Waals surface area contributed by atoms with Crippen LogP contribution in [0.5, 0.6) is 0 Å². The lowest BCUT2D eigenvalue weighted by atomic mass is 10.2. The van der Waals surface area contributed by atoms with Crippen molar-refractivity contribution in [2.75, 3.05) is 26.7 Å². The van der Waals surface area contributed by atoms with Gasteiger partial charge in [0.1, 0.15) is 0 Å². The lowest BCUT2D eigenvalue weighted by molar-refractivity contribution is 0.0954. The minimum Gasteiger partial charge on any atom is -0.355 e. The monoisotopic (exact) mass is 427 g/mol. The molecule has 2 aromatic rings. The molecule has 3 rings (SSSR count). The normalized spacial score (nSPS) is 19.5. The lowest BCUT2D eigenvalue weighted by Gasteiger charge is -2.21. The van der Waals surface area contributed by atoms with Crippen molar-refractivity contribution in [3.8, 4) is 0 Å². The van der Waals surface area contributed by atoms with Gasteiger partial charge in [0.05, 0.1) is 10.6 Å². The fourth-order valence-electron chi connectivity index (χ4n) is 3.73. The molecule has 7 heteroatoms. The second-order valence-corrected chi connectivity index (χ2v) is 7.98. The van der Waals surface area contributed by atoms with Gasteiger partial charge in [-0.3, -0.25) is 14.7 Å². The molecule has 0 spiro atoms. The van der Waals surface area contributed by atoms with Crippen molar-refractivity contribution in [3.63, 3.8) is 0 Å². The van der Waals surface area contributed by atoms with Crippen LogP contribution in [0.15, 0.2) is 59.6 Å². The van der Waals surface area contributed by atoms with Crippen LogP contribution in [-0.2, 0) is 6.54 Å². The third-order valence-corrected chi connectivity index (χ3v) is 5.65. The lowest BCUT2D eigenvalue weighted by Crippen LogP contribution is -2.46. The number of likely N-dealkylation sites (tertiary alicyclic amines) is 1. The molecular weight excluding hydrogens is 398 g/mol. The number of nitrogens with one attached hydrogen (secondary N) is 3. The van der Waals surface area contributed by atoms with E-state index in [1.165, 1.54) is 5.56 Å². The van der Waals surface area contributed by atoms with Crippen molar-refractivity contribution < 1.29 is 4.79 Å². The van der Waals surface area contributed by atoms with E-state index in [0.717, 1.165) is 25.5 Å². The van der Waals surface area contributed by atoms with E-state index in [-0.39, 0.29) is 5.91 Å². The van der Waals surface area contributed by atoms with Crippen molar-refractivity contribution in [1.29, 1.82) is 0 Å². The summed E-state index contributed by atoms with van der Waals surface area (Å²) in [6.45, 7) is 5.25. The molecule has 3 N–H and O–H groups in total. The van der Waals surface area contributed by atoms with Crippen LogP contribution in [0.1, 0.15) is 29.3 Å². The predicted octanol–water partition coefficient (Wildman–Crippen LogP) is 2.90. The Balaban J connectivity index is 1.40. The molecule has 30 heavy (non-hydrogen) atoms. The van der Waals surface area contributed by atoms with Crippen LogP contribution in [0.25, 0.3) is 0 Å². The Morgan fingerprint density at radius 3 is 2.53 bits per heavy atom. The summed E-state index contributed by atoms with van der Waals surface area (Å²) < 4.78 is 0. The van der Waals surface area contributed by atoms with E-state index in [1.807, 2.05) is 6.07 Å². The number of rotatable bonds is 7. The molecule has 2 atom stereocenters. The van der Waals surface area contributed by atoms with Crippen LogP contribution < -0.4 is 16.0 Å². The molecule has 0 bridgehead atoms. The van der Waals surface area contributed by atoms with E-state index in [2.05, 4.69) is 57.0 Å². The standard InChI is InChI=1S/C23H30ClN5O/c1-17-14-19(16-29(17)15-18-8-4-3-5-9-18)28-23(25-2)27-13-12-26-22(30)20-10-6-7-11-21(20)24/h3-11,17,19H,12-16H2,1-2H3,(H,26,30)(H2,25,27,28). The zero-order valence-corrected chi connectivity index (χ0v) is 18.3. The molecule has 1 aliphatic heterocycles. The smallest absolute Gasteiger partial charge is 0.252 e. The van der Waals surface area contributed by atoms with E-state index >= 15 is 0 Å². The first-order valence-corrected chi connectivity index (χ1v) is 10.7. The maximum absolute atomic E-state index is 12.2. The molecule has 160 valence electrons. The van der Waals surface area contributed by atoms with Crippen molar-refractivity contribution in [1.82, 2.24) is 20.9 Å². The van der Waals surface area contributed by atoms with E-state index in [0.29, 0.717) is 35.8 Å². The van der Waals surface area contributed by atoms with Crippen LogP contribution in [-0.4, -0.2) is 55.5 Å². The van der Waals surface area contributed by atoms with E-state index < -0.39 is 0 Å². The highest BCUT2D eigenvalue weighted by molar-refractivity contribution is 6.33. The highest BCUT2D eigenvalue weighted by Crippen LogP contribution is 2.20. The molecule has 0 saturated carbocycles. The summed E-state index contributed by atoms with van der Waals surface area (Å²) in [5.41, 5.74) is 1.82. The van der Waals surface area contributed by atoms with Gasteiger partial charge in [0, 0.05) is 45.3 Å². The van der Waals surface area contributed by atoms with Gasteiger partial charge in [0.25, 0.3) is 5.91 Å². The Labute approximate surface area is 183 Å².